The third-order valence-electron chi connectivity index (χ3n) is 9.57. The van der Waals surface area contributed by atoms with Crippen LogP contribution in [0.3, 0.4) is 0 Å². The number of fused-ring (bicyclic) bond motifs is 7. The summed E-state index contributed by atoms with van der Waals surface area (Å²) in [6.45, 7) is 7.38. The topological polar surface area (TPSA) is 72.8 Å². The fourth-order valence-corrected chi connectivity index (χ4v) is 8.47. The van der Waals surface area contributed by atoms with E-state index in [4.69, 9.17) is 21.1 Å². The molecule has 3 saturated carbocycles. The summed E-state index contributed by atoms with van der Waals surface area (Å²) < 4.78 is 29.7. The first-order valence-corrected chi connectivity index (χ1v) is 12.0. The molecule has 8 atom stereocenters. The van der Waals surface area contributed by atoms with Gasteiger partial charge in [0.25, 0.3) is 0 Å². The molecule has 5 rings (SSSR count). The molecule has 0 bridgehead atoms. The second-order valence-electron chi connectivity index (χ2n) is 11.3. The van der Waals surface area contributed by atoms with Gasteiger partial charge in [0.2, 0.25) is 0 Å². The minimum atomic E-state index is -1.86. The maximum absolute atomic E-state index is 17.2. The molecule has 5 aliphatic rings. The first-order chi connectivity index (χ1) is 14.4. The Morgan fingerprint density at radius 2 is 1.97 bits per heavy atom. The van der Waals surface area contributed by atoms with Crippen LogP contribution < -0.4 is 0 Å². The second-order valence-corrected chi connectivity index (χ2v) is 11.5. The van der Waals surface area contributed by atoms with Crippen molar-refractivity contribution in [2.24, 2.45) is 22.7 Å². The number of aliphatic hydroxyl groups excluding tert-OH is 1. The number of ether oxygens (including phenoxy) is 2. The lowest BCUT2D eigenvalue weighted by Crippen LogP contribution is -2.70. The molecule has 7 heteroatoms. The maximum Gasteiger partial charge on any atom is 0.182 e. The highest BCUT2D eigenvalue weighted by atomic mass is 35.5. The number of carbonyl (C=O) groups excluding carboxylic acids is 2. The lowest BCUT2D eigenvalue weighted by Gasteiger charge is -2.63. The molecular formula is C24H32ClFO5. The van der Waals surface area contributed by atoms with E-state index in [1.807, 2.05) is 13.8 Å². The molecule has 5 nitrogen and oxygen atoms in total. The Kier molecular flexibility index (Phi) is 4.54. The Bertz CT molecular complexity index is 887. The van der Waals surface area contributed by atoms with Gasteiger partial charge >= 0.3 is 0 Å². The molecule has 0 aromatic heterocycles. The van der Waals surface area contributed by atoms with E-state index in [2.05, 4.69) is 0 Å². The van der Waals surface area contributed by atoms with Crippen LogP contribution >= 0.6 is 11.6 Å². The Labute approximate surface area is 187 Å². The molecular weight excluding hydrogens is 423 g/mol. The molecule has 0 amide bonds. The monoisotopic (exact) mass is 454 g/mol. The maximum atomic E-state index is 17.2. The quantitative estimate of drug-likeness (QED) is 0.641. The molecule has 4 fully saturated rings. The molecule has 31 heavy (non-hydrogen) atoms. The highest BCUT2D eigenvalue weighted by Crippen LogP contribution is 2.72. The average molecular weight is 455 g/mol. The van der Waals surface area contributed by atoms with Gasteiger partial charge in [-0.25, -0.2) is 4.39 Å². The van der Waals surface area contributed by atoms with Gasteiger partial charge in [0.1, 0.15) is 5.67 Å². The Morgan fingerprint density at radius 3 is 2.65 bits per heavy atom. The lowest BCUT2D eigenvalue weighted by atomic mass is 9.44. The zero-order chi connectivity index (χ0) is 22.6. The van der Waals surface area contributed by atoms with E-state index in [9.17, 15) is 14.7 Å². The van der Waals surface area contributed by atoms with E-state index in [-0.39, 0.29) is 29.8 Å². The van der Waals surface area contributed by atoms with Crippen LogP contribution in [0.25, 0.3) is 0 Å². The number of halogens is 2. The van der Waals surface area contributed by atoms with E-state index in [0.29, 0.717) is 32.1 Å². The summed E-state index contributed by atoms with van der Waals surface area (Å²) in [5, 5.41) is 11.4. The fourth-order valence-electron chi connectivity index (χ4n) is 8.27. The first kappa shape index (κ1) is 22.0. The summed E-state index contributed by atoms with van der Waals surface area (Å²) in [7, 11) is 0. The van der Waals surface area contributed by atoms with Crippen molar-refractivity contribution in [3.63, 3.8) is 0 Å². The van der Waals surface area contributed by atoms with E-state index in [0.717, 1.165) is 5.57 Å². The highest BCUT2D eigenvalue weighted by molar-refractivity contribution is 6.29. The third-order valence-corrected chi connectivity index (χ3v) is 9.81. The summed E-state index contributed by atoms with van der Waals surface area (Å²) in [4.78, 5) is 25.3. The van der Waals surface area contributed by atoms with Crippen LogP contribution in [0.2, 0.25) is 0 Å². The van der Waals surface area contributed by atoms with Crippen LogP contribution in [-0.2, 0) is 19.1 Å². The molecule has 1 saturated heterocycles. The van der Waals surface area contributed by atoms with Crippen molar-refractivity contribution in [2.45, 2.75) is 95.5 Å². The van der Waals surface area contributed by atoms with Crippen LogP contribution in [0.4, 0.5) is 4.39 Å². The zero-order valence-electron chi connectivity index (χ0n) is 18.7. The Balaban J connectivity index is 1.63. The van der Waals surface area contributed by atoms with Gasteiger partial charge in [0, 0.05) is 23.2 Å². The number of hydrogen-bond donors (Lipinski definition) is 1. The minimum Gasteiger partial charge on any atom is -0.390 e. The summed E-state index contributed by atoms with van der Waals surface area (Å²) in [5.41, 5.74) is -4.00. The average Bonchev–Trinajstić information content (AvgIpc) is 3.09. The lowest BCUT2D eigenvalue weighted by molar-refractivity contribution is -0.250. The number of ketones is 2. The number of alkyl halides is 2. The molecule has 0 radical (unpaired) electrons. The summed E-state index contributed by atoms with van der Waals surface area (Å²) in [6, 6.07) is 0. The number of allylic oxidation sites excluding steroid dienone is 1. The first-order valence-electron chi connectivity index (χ1n) is 11.4. The summed E-state index contributed by atoms with van der Waals surface area (Å²) in [5.74, 6) is -2.02. The molecule has 172 valence electrons. The predicted octanol–water partition coefficient (Wildman–Crippen LogP) is 3.89. The molecule has 1 N–H and O–H groups in total. The van der Waals surface area contributed by atoms with Crippen LogP contribution in [-0.4, -0.2) is 51.8 Å². The van der Waals surface area contributed by atoms with Crippen LogP contribution in [0.15, 0.2) is 11.6 Å². The van der Waals surface area contributed by atoms with E-state index in [1.54, 1.807) is 19.9 Å². The van der Waals surface area contributed by atoms with Gasteiger partial charge in [0.15, 0.2) is 23.0 Å². The molecule has 0 spiro atoms. The van der Waals surface area contributed by atoms with Crippen molar-refractivity contribution < 1.29 is 28.6 Å². The molecule has 5 unspecified atom stereocenters. The smallest absolute Gasteiger partial charge is 0.182 e. The highest BCUT2D eigenvalue weighted by Gasteiger charge is 2.80. The van der Waals surface area contributed by atoms with Crippen molar-refractivity contribution in [1.82, 2.24) is 0 Å². The minimum absolute atomic E-state index is 0.0377. The Morgan fingerprint density at radius 1 is 1.26 bits per heavy atom. The van der Waals surface area contributed by atoms with Crippen molar-refractivity contribution in [1.29, 1.82) is 0 Å². The van der Waals surface area contributed by atoms with Crippen LogP contribution in [0, 0.1) is 22.7 Å². The van der Waals surface area contributed by atoms with E-state index >= 15 is 4.39 Å². The van der Waals surface area contributed by atoms with Gasteiger partial charge in [-0.2, -0.15) is 0 Å². The van der Waals surface area contributed by atoms with E-state index in [1.165, 1.54) is 0 Å². The number of rotatable bonds is 2. The molecule has 0 aromatic carbocycles. The van der Waals surface area contributed by atoms with Crippen molar-refractivity contribution in [3.05, 3.63) is 11.6 Å². The van der Waals surface area contributed by atoms with Gasteiger partial charge in [-0.1, -0.05) is 19.4 Å². The van der Waals surface area contributed by atoms with E-state index < -0.39 is 46.0 Å². The second kappa shape index (κ2) is 6.40. The summed E-state index contributed by atoms with van der Waals surface area (Å²) in [6.07, 6.45) is 2.28. The normalized spacial score (nSPS) is 52.6. The largest absolute Gasteiger partial charge is 0.390 e. The van der Waals surface area contributed by atoms with Gasteiger partial charge in [-0.3, -0.25) is 9.59 Å². The molecule has 0 aromatic rings. The van der Waals surface area contributed by atoms with Gasteiger partial charge < -0.3 is 14.6 Å². The predicted molar refractivity (Wildman–Crippen MR) is 112 cm³/mol. The van der Waals surface area contributed by atoms with Gasteiger partial charge in [0.05, 0.1) is 18.1 Å². The number of Topliss-reactive ketones (excluding diaryl/α,β-unsaturated/α-hetero) is 1. The molecule has 1 aliphatic heterocycles. The Hall–Kier alpha value is -0.820. The van der Waals surface area contributed by atoms with Gasteiger partial charge in [-0.15, -0.1) is 11.6 Å². The number of aliphatic hydroxyl groups is 1. The standard InChI is InChI=1S/C24H32ClFO5/c1-20(2)30-19-10-16-15-6-5-13-9-14(27)7-8-21(13,3)23(15,26)17(28)11-22(16,4)24(19,31-20)18(29)12-25/h9,15-17,19,28H,5-8,10-12H2,1-4H3/t15?,16?,17?,19-,21?,22?,23+,24-/m1/s1. The number of carbonyl (C=O) groups is 2. The van der Waals surface area contributed by atoms with Gasteiger partial charge in [-0.05, 0) is 57.9 Å². The SMILES string of the molecule is CC1(C)O[C@@H]2CC3C4CCC5=CC(=O)CCC5(C)[C@@]4(F)C(O)CC3(C)[C@]2(C(=O)CCl)O1. The van der Waals surface area contributed by atoms with Crippen molar-refractivity contribution in [3.8, 4) is 0 Å². The van der Waals surface area contributed by atoms with Crippen molar-refractivity contribution >= 4 is 23.2 Å². The summed E-state index contributed by atoms with van der Waals surface area (Å²) >= 11 is 6.05. The zero-order valence-corrected chi connectivity index (χ0v) is 19.4. The molecule has 1 heterocycles. The fraction of sp³-hybridized carbons (Fsp3) is 0.833. The van der Waals surface area contributed by atoms with Crippen LogP contribution in [0.5, 0.6) is 0 Å². The van der Waals surface area contributed by atoms with Crippen molar-refractivity contribution in [2.75, 3.05) is 5.88 Å². The number of hydrogen-bond acceptors (Lipinski definition) is 5. The molecule has 4 aliphatic carbocycles. The third kappa shape index (κ3) is 2.43. The van der Waals surface area contributed by atoms with Crippen LogP contribution in [0.1, 0.15) is 66.2 Å².